The minimum Gasteiger partial charge on any atom is -0.479 e. The Balaban J connectivity index is 1.96. The van der Waals surface area contributed by atoms with Gasteiger partial charge in [-0.1, -0.05) is 34.8 Å². The molecule has 1 amide bonds. The summed E-state index contributed by atoms with van der Waals surface area (Å²) in [5.41, 5.74) is 0. The topological polar surface area (TPSA) is 66.8 Å². The van der Waals surface area contributed by atoms with Gasteiger partial charge >= 0.3 is 5.97 Å². The van der Waals surface area contributed by atoms with E-state index in [0.717, 1.165) is 0 Å². The molecule has 1 aromatic heterocycles. The van der Waals surface area contributed by atoms with Gasteiger partial charge in [-0.3, -0.25) is 4.79 Å². The molecule has 1 fully saturated rings. The van der Waals surface area contributed by atoms with Gasteiger partial charge in [0.25, 0.3) is 5.91 Å². The number of amides is 1. The molecule has 1 aliphatic rings. The van der Waals surface area contributed by atoms with Gasteiger partial charge < -0.3 is 14.7 Å². The molecule has 122 valence electrons. The summed E-state index contributed by atoms with van der Waals surface area (Å²) in [6.45, 7) is 0.451. The lowest BCUT2D eigenvalue weighted by atomic mass is 10.2. The van der Waals surface area contributed by atoms with Crippen LogP contribution in [0.15, 0.2) is 12.1 Å². The molecule has 5 nitrogen and oxygen atoms in total. The van der Waals surface area contributed by atoms with Crippen molar-refractivity contribution in [3.63, 3.8) is 0 Å². The molecule has 23 heavy (non-hydrogen) atoms. The third kappa shape index (κ3) is 3.14. The summed E-state index contributed by atoms with van der Waals surface area (Å²) in [5.74, 6) is -1.43. The molecule has 0 spiro atoms. The number of benzene rings is 1. The van der Waals surface area contributed by atoms with Crippen LogP contribution in [0.2, 0.25) is 15.1 Å². The van der Waals surface area contributed by atoms with Crippen LogP contribution in [0.1, 0.15) is 9.67 Å². The first-order valence-electron chi connectivity index (χ1n) is 6.59. The monoisotopic (exact) mass is 393 g/mol. The Morgan fingerprint density at radius 1 is 1.30 bits per heavy atom. The number of morpholine rings is 1. The summed E-state index contributed by atoms with van der Waals surface area (Å²) in [6.07, 6.45) is -1.03. The molecule has 1 aliphatic heterocycles. The number of carbonyl (C=O) groups is 2. The molecule has 3 rings (SSSR count). The van der Waals surface area contributed by atoms with Crippen molar-refractivity contribution in [3.05, 3.63) is 32.1 Å². The van der Waals surface area contributed by atoms with Crippen LogP contribution in [0.5, 0.6) is 0 Å². The van der Waals surface area contributed by atoms with Crippen LogP contribution in [0.3, 0.4) is 0 Å². The molecular weight excluding hydrogens is 385 g/mol. The first kappa shape index (κ1) is 16.8. The third-order valence-electron chi connectivity index (χ3n) is 3.47. The molecule has 1 unspecified atom stereocenters. The fourth-order valence-electron chi connectivity index (χ4n) is 2.38. The summed E-state index contributed by atoms with van der Waals surface area (Å²) in [6, 6.07) is 3.25. The zero-order valence-electron chi connectivity index (χ0n) is 11.5. The highest BCUT2D eigenvalue weighted by atomic mass is 35.5. The zero-order chi connectivity index (χ0) is 16.7. The van der Waals surface area contributed by atoms with E-state index in [-0.39, 0.29) is 24.1 Å². The predicted molar refractivity (Wildman–Crippen MR) is 90.1 cm³/mol. The van der Waals surface area contributed by atoms with Crippen molar-refractivity contribution in [1.82, 2.24) is 4.90 Å². The van der Waals surface area contributed by atoms with E-state index in [1.807, 2.05) is 0 Å². The molecule has 1 saturated heterocycles. The number of rotatable bonds is 2. The number of halogens is 3. The molecule has 0 aliphatic carbocycles. The number of thiophene rings is 1. The Labute approximate surface area is 150 Å². The zero-order valence-corrected chi connectivity index (χ0v) is 14.6. The lowest BCUT2D eigenvalue weighted by Gasteiger charge is -2.30. The van der Waals surface area contributed by atoms with E-state index >= 15 is 0 Å². The van der Waals surface area contributed by atoms with Crippen LogP contribution < -0.4 is 0 Å². The second kappa shape index (κ2) is 6.45. The highest BCUT2D eigenvalue weighted by molar-refractivity contribution is 7.21. The van der Waals surface area contributed by atoms with Crippen molar-refractivity contribution < 1.29 is 19.4 Å². The predicted octanol–water partition coefficient (Wildman–Crippen LogP) is 3.79. The highest BCUT2D eigenvalue weighted by Gasteiger charge is 2.31. The van der Waals surface area contributed by atoms with E-state index in [1.165, 1.54) is 16.2 Å². The number of carboxylic acids is 1. The molecule has 1 atom stereocenters. The van der Waals surface area contributed by atoms with Gasteiger partial charge in [-0.05, 0) is 12.1 Å². The average Bonchev–Trinajstić information content (AvgIpc) is 2.83. The van der Waals surface area contributed by atoms with Crippen LogP contribution in [-0.4, -0.2) is 47.7 Å². The second-order valence-corrected chi connectivity index (χ2v) is 7.23. The lowest BCUT2D eigenvalue weighted by molar-refractivity contribution is -0.154. The van der Waals surface area contributed by atoms with Gasteiger partial charge in [0.1, 0.15) is 4.88 Å². The molecule has 0 radical (unpaired) electrons. The minimum absolute atomic E-state index is 0.0206. The van der Waals surface area contributed by atoms with Crippen LogP contribution in [-0.2, 0) is 9.53 Å². The standard InChI is InChI=1S/C14H10Cl3NO4S/c15-6-3-7(16)10-9(4-6)23-12(11(10)17)13(19)18-1-2-22-8(5-18)14(20)21/h3-4,8H,1-2,5H2,(H,20,21). The maximum absolute atomic E-state index is 12.7. The summed E-state index contributed by atoms with van der Waals surface area (Å²) in [5, 5.41) is 10.7. The Hall–Kier alpha value is -1.05. The lowest BCUT2D eigenvalue weighted by Crippen LogP contribution is -2.48. The van der Waals surface area contributed by atoms with Gasteiger partial charge in [0.15, 0.2) is 6.10 Å². The van der Waals surface area contributed by atoms with Crippen molar-refractivity contribution in [1.29, 1.82) is 0 Å². The fourth-order valence-corrected chi connectivity index (χ4v) is 4.72. The van der Waals surface area contributed by atoms with Crippen molar-refractivity contribution in [2.45, 2.75) is 6.10 Å². The summed E-state index contributed by atoms with van der Waals surface area (Å²) >= 11 is 19.6. The van der Waals surface area contributed by atoms with Gasteiger partial charge in [0.2, 0.25) is 0 Å². The summed E-state index contributed by atoms with van der Waals surface area (Å²) in [7, 11) is 0. The molecule has 9 heteroatoms. The number of aliphatic carboxylic acids is 1. The number of nitrogens with zero attached hydrogens (tertiary/aromatic N) is 1. The molecule has 2 aromatic rings. The van der Waals surface area contributed by atoms with Gasteiger partial charge in [-0.15, -0.1) is 11.3 Å². The van der Waals surface area contributed by atoms with E-state index in [4.69, 9.17) is 44.6 Å². The van der Waals surface area contributed by atoms with Gasteiger partial charge in [0, 0.05) is 21.7 Å². The second-order valence-electron chi connectivity index (χ2n) is 4.95. The highest BCUT2D eigenvalue weighted by Crippen LogP contribution is 2.41. The van der Waals surface area contributed by atoms with E-state index in [2.05, 4.69) is 0 Å². The largest absolute Gasteiger partial charge is 0.479 e. The SMILES string of the molecule is O=C(O)C1CN(C(=O)c2sc3cc(Cl)cc(Cl)c3c2Cl)CCO1. The summed E-state index contributed by atoms with van der Waals surface area (Å²) in [4.78, 5) is 25.5. The Morgan fingerprint density at radius 3 is 2.74 bits per heavy atom. The van der Waals surface area contributed by atoms with Crippen molar-refractivity contribution in [2.24, 2.45) is 0 Å². The van der Waals surface area contributed by atoms with Crippen LogP contribution in [0.4, 0.5) is 0 Å². The fraction of sp³-hybridized carbons (Fsp3) is 0.286. The summed E-state index contributed by atoms with van der Waals surface area (Å²) < 4.78 is 5.83. The number of carbonyl (C=O) groups excluding carboxylic acids is 1. The van der Waals surface area contributed by atoms with E-state index < -0.39 is 12.1 Å². The van der Waals surface area contributed by atoms with Crippen LogP contribution >= 0.6 is 46.1 Å². The van der Waals surface area contributed by atoms with Crippen molar-refractivity contribution in [3.8, 4) is 0 Å². The van der Waals surface area contributed by atoms with Gasteiger partial charge in [0.05, 0.1) is 23.2 Å². The maximum Gasteiger partial charge on any atom is 0.334 e. The molecule has 2 heterocycles. The molecule has 0 bridgehead atoms. The molecule has 0 saturated carbocycles. The smallest absolute Gasteiger partial charge is 0.334 e. The number of ether oxygens (including phenoxy) is 1. The minimum atomic E-state index is -1.10. The number of hydrogen-bond acceptors (Lipinski definition) is 4. The Bertz CT molecular complexity index is 807. The van der Waals surface area contributed by atoms with Crippen molar-refractivity contribution >= 4 is 68.1 Å². The Kier molecular flexibility index (Phi) is 4.71. The Morgan fingerprint density at radius 2 is 2.04 bits per heavy atom. The van der Waals surface area contributed by atoms with Gasteiger partial charge in [-0.25, -0.2) is 4.79 Å². The first-order chi connectivity index (χ1) is 10.9. The van der Waals surface area contributed by atoms with Gasteiger partial charge in [-0.2, -0.15) is 0 Å². The molecule has 1 N–H and O–H groups in total. The first-order valence-corrected chi connectivity index (χ1v) is 8.54. The average molecular weight is 395 g/mol. The molecular formula is C14H10Cl3NO4S. The van der Waals surface area contributed by atoms with E-state index in [1.54, 1.807) is 12.1 Å². The molecule has 1 aromatic carbocycles. The number of carboxylic acid groups (broad SMARTS) is 1. The maximum atomic E-state index is 12.7. The van der Waals surface area contributed by atoms with E-state index in [0.29, 0.717) is 31.6 Å². The van der Waals surface area contributed by atoms with Crippen LogP contribution in [0.25, 0.3) is 10.1 Å². The number of hydrogen-bond donors (Lipinski definition) is 1. The van der Waals surface area contributed by atoms with Crippen molar-refractivity contribution in [2.75, 3.05) is 19.7 Å². The quantitative estimate of drug-likeness (QED) is 0.841. The third-order valence-corrected chi connectivity index (χ3v) is 5.60. The number of fused-ring (bicyclic) bond motifs is 1. The van der Waals surface area contributed by atoms with E-state index in [9.17, 15) is 9.59 Å². The van der Waals surface area contributed by atoms with Crippen LogP contribution in [0, 0.1) is 0 Å². The normalized spacial score (nSPS) is 18.4.